The van der Waals surface area contributed by atoms with Crippen molar-refractivity contribution in [2.45, 2.75) is 31.0 Å². The van der Waals surface area contributed by atoms with Gasteiger partial charge < -0.3 is 24.2 Å². The van der Waals surface area contributed by atoms with Gasteiger partial charge in [0.1, 0.15) is 23.0 Å². The fraction of sp³-hybridized carbons (Fsp3) is 0.393. The molecule has 0 aliphatic carbocycles. The number of ether oxygens (including phenoxy) is 2. The second-order valence-corrected chi connectivity index (χ2v) is 12.3. The number of piperidine rings is 1. The van der Waals surface area contributed by atoms with Gasteiger partial charge in [0.15, 0.2) is 10.8 Å². The maximum absolute atomic E-state index is 13.8. The van der Waals surface area contributed by atoms with Crippen LogP contribution in [0.15, 0.2) is 52.4 Å². The summed E-state index contributed by atoms with van der Waals surface area (Å²) >= 11 is 0. The average Bonchev–Trinajstić information content (AvgIpc) is 3.45. The predicted molar refractivity (Wildman–Crippen MR) is 156 cm³/mol. The molecule has 0 radical (unpaired) electrons. The van der Waals surface area contributed by atoms with Crippen molar-refractivity contribution in [3.05, 3.63) is 58.9 Å². The zero-order chi connectivity index (χ0) is 32.7. The quantitative estimate of drug-likeness (QED) is 0.270. The van der Waals surface area contributed by atoms with Gasteiger partial charge in [0, 0.05) is 39.5 Å². The fourth-order valence-corrected chi connectivity index (χ4v) is 6.12. The minimum atomic E-state index is -5.56. The molecule has 0 saturated carbocycles. The number of benzene rings is 2. The molecule has 1 N–H and O–H groups in total. The molecule has 0 amide bonds. The van der Waals surface area contributed by atoms with Gasteiger partial charge in [-0.2, -0.15) is 21.6 Å². The molecule has 1 saturated heterocycles. The standard InChI is InChI=1S/C28H31F3N6O7S/c1-17-33-25(15-34(17)2)45(40,41)37(44-26(38)28(29,30)31)23-13-21-22(36(4)27(39)35(21)3)14-24(23)43-20-7-5-6-19(12-20)42-16-18-8-10-32-11-9-18/h5-7,12-15,18,32H,8-11,16H2,1-4H3. The summed E-state index contributed by atoms with van der Waals surface area (Å²) in [5.41, 5.74) is -0.758. The monoisotopic (exact) mass is 652 g/mol. The number of fused-ring (bicyclic) bond motifs is 1. The number of nitrogens with zero attached hydrogens (tertiary/aromatic N) is 5. The summed E-state index contributed by atoms with van der Waals surface area (Å²) in [6, 6.07) is 8.73. The van der Waals surface area contributed by atoms with Gasteiger partial charge in [-0.1, -0.05) is 10.5 Å². The lowest BCUT2D eigenvalue weighted by Crippen LogP contribution is -2.39. The smallest absolute Gasteiger partial charge is 0.493 e. The highest BCUT2D eigenvalue weighted by atomic mass is 32.2. The summed E-state index contributed by atoms with van der Waals surface area (Å²) in [5, 5.41) is 2.59. The maximum atomic E-state index is 13.8. The van der Waals surface area contributed by atoms with Crippen LogP contribution in [0.3, 0.4) is 0 Å². The fourth-order valence-electron chi connectivity index (χ4n) is 4.85. The molecule has 0 unspecified atom stereocenters. The van der Waals surface area contributed by atoms with Crippen molar-refractivity contribution < 1.29 is 40.7 Å². The van der Waals surface area contributed by atoms with Crippen molar-refractivity contribution in [2.24, 2.45) is 27.1 Å². The van der Waals surface area contributed by atoms with E-state index in [1.165, 1.54) is 55.4 Å². The van der Waals surface area contributed by atoms with Crippen LogP contribution in [-0.2, 0) is 40.8 Å². The van der Waals surface area contributed by atoms with Crippen LogP contribution in [0.2, 0.25) is 0 Å². The molecule has 2 aromatic carbocycles. The molecule has 2 aromatic heterocycles. The normalized spacial score (nSPS) is 14.5. The molecule has 1 aliphatic rings. The number of carbonyl (C=O) groups is 1. The Balaban J connectivity index is 1.62. The predicted octanol–water partition coefficient (Wildman–Crippen LogP) is 3.31. The van der Waals surface area contributed by atoms with E-state index in [9.17, 15) is 31.2 Å². The number of halogens is 3. The first kappa shape index (κ1) is 31.9. The molecule has 0 atom stereocenters. The third kappa shape index (κ3) is 6.49. The number of hydrogen-bond acceptors (Lipinski definition) is 9. The number of alkyl halides is 3. The molecule has 1 fully saturated rings. The van der Waals surface area contributed by atoms with Crippen LogP contribution >= 0.6 is 0 Å². The lowest BCUT2D eigenvalue weighted by molar-refractivity contribution is -0.199. The molecule has 0 spiro atoms. The van der Waals surface area contributed by atoms with E-state index in [1.807, 2.05) is 0 Å². The maximum Gasteiger partial charge on any atom is 0.493 e. The Morgan fingerprint density at radius 3 is 2.33 bits per heavy atom. The van der Waals surface area contributed by atoms with E-state index in [0.717, 1.165) is 42.8 Å². The van der Waals surface area contributed by atoms with Gasteiger partial charge in [0.05, 0.1) is 17.6 Å². The minimum Gasteiger partial charge on any atom is -0.493 e. The number of sulfonamides is 1. The Morgan fingerprint density at radius 1 is 1.07 bits per heavy atom. The van der Waals surface area contributed by atoms with Crippen LogP contribution in [0.4, 0.5) is 18.9 Å². The highest BCUT2D eigenvalue weighted by Gasteiger charge is 2.46. The Labute approximate surface area is 255 Å². The molecule has 242 valence electrons. The molecule has 13 nitrogen and oxygen atoms in total. The highest BCUT2D eigenvalue weighted by molar-refractivity contribution is 7.92. The van der Waals surface area contributed by atoms with Crippen molar-refractivity contribution in [1.82, 2.24) is 24.0 Å². The summed E-state index contributed by atoms with van der Waals surface area (Å²) in [4.78, 5) is 33.3. The number of anilines is 1. The van der Waals surface area contributed by atoms with Crippen LogP contribution in [-0.4, -0.2) is 58.9 Å². The van der Waals surface area contributed by atoms with Crippen molar-refractivity contribution in [1.29, 1.82) is 0 Å². The van der Waals surface area contributed by atoms with Crippen molar-refractivity contribution >= 4 is 32.7 Å². The SMILES string of the molecule is Cc1nc(S(=O)(=O)N(OC(=O)C(F)(F)F)c2cc3c(cc2Oc2cccc(OCC4CCNCC4)c2)n(C)c(=O)n3C)cn1C. The summed E-state index contributed by atoms with van der Waals surface area (Å²) in [5.74, 6) is -2.01. The first-order valence-electron chi connectivity index (χ1n) is 13.8. The topological polar surface area (TPSA) is 139 Å². The molecule has 4 aromatic rings. The Kier molecular flexibility index (Phi) is 8.59. The Morgan fingerprint density at radius 2 is 1.71 bits per heavy atom. The van der Waals surface area contributed by atoms with Gasteiger partial charge in [-0.3, -0.25) is 9.13 Å². The summed E-state index contributed by atoms with van der Waals surface area (Å²) < 4.78 is 83.5. The van der Waals surface area contributed by atoms with Crippen LogP contribution in [0.25, 0.3) is 11.0 Å². The van der Waals surface area contributed by atoms with E-state index < -0.39 is 38.6 Å². The van der Waals surface area contributed by atoms with E-state index in [0.29, 0.717) is 18.3 Å². The van der Waals surface area contributed by atoms with Crippen LogP contribution < -0.4 is 24.9 Å². The molecule has 45 heavy (non-hydrogen) atoms. The van der Waals surface area contributed by atoms with Gasteiger partial charge in [0.2, 0.25) is 0 Å². The lowest BCUT2D eigenvalue weighted by Gasteiger charge is -2.24. The van der Waals surface area contributed by atoms with Crippen molar-refractivity contribution in [3.63, 3.8) is 0 Å². The molecule has 1 aliphatic heterocycles. The van der Waals surface area contributed by atoms with E-state index in [2.05, 4.69) is 15.1 Å². The number of hydrogen-bond donors (Lipinski definition) is 1. The van der Waals surface area contributed by atoms with Gasteiger partial charge in [-0.25, -0.2) is 14.6 Å². The highest BCUT2D eigenvalue weighted by Crippen LogP contribution is 2.40. The van der Waals surface area contributed by atoms with E-state index in [4.69, 9.17) is 9.47 Å². The lowest BCUT2D eigenvalue weighted by atomic mass is 9.99. The molecule has 3 heterocycles. The molecule has 5 rings (SSSR count). The molecule has 17 heteroatoms. The molecular formula is C28H31F3N6O7S. The third-order valence-corrected chi connectivity index (χ3v) is 8.93. The van der Waals surface area contributed by atoms with E-state index in [-0.39, 0.29) is 32.8 Å². The number of rotatable bonds is 9. The van der Waals surface area contributed by atoms with Gasteiger partial charge in [-0.05, 0) is 57.0 Å². The first-order valence-corrected chi connectivity index (χ1v) is 15.3. The van der Waals surface area contributed by atoms with E-state index in [1.54, 1.807) is 12.1 Å². The Bertz CT molecular complexity index is 1890. The van der Waals surface area contributed by atoms with Gasteiger partial charge in [0.25, 0.3) is 0 Å². The zero-order valence-electron chi connectivity index (χ0n) is 24.8. The minimum absolute atomic E-state index is 0.115. The summed E-state index contributed by atoms with van der Waals surface area (Å²) in [6.07, 6.45) is -2.60. The van der Waals surface area contributed by atoms with E-state index >= 15 is 0 Å². The number of aromatic nitrogens is 4. The zero-order valence-corrected chi connectivity index (χ0v) is 25.6. The Hall–Kier alpha value is -4.51. The second kappa shape index (κ2) is 12.1. The number of imidazole rings is 2. The van der Waals surface area contributed by atoms with Gasteiger partial charge >= 0.3 is 27.9 Å². The van der Waals surface area contributed by atoms with Crippen LogP contribution in [0.5, 0.6) is 17.2 Å². The number of carbonyl (C=O) groups excluding carboxylic acids is 1. The summed E-state index contributed by atoms with van der Waals surface area (Å²) in [7, 11) is -0.759. The van der Waals surface area contributed by atoms with Crippen molar-refractivity contribution in [3.8, 4) is 17.2 Å². The van der Waals surface area contributed by atoms with Crippen molar-refractivity contribution in [2.75, 3.05) is 24.2 Å². The number of aryl methyl sites for hydroxylation is 4. The van der Waals surface area contributed by atoms with Crippen LogP contribution in [0, 0.1) is 12.8 Å². The molecule has 0 bridgehead atoms. The van der Waals surface area contributed by atoms with Crippen LogP contribution in [0.1, 0.15) is 18.7 Å². The second-order valence-electron chi connectivity index (χ2n) is 10.6. The average molecular weight is 653 g/mol. The first-order chi connectivity index (χ1) is 21.2. The van der Waals surface area contributed by atoms with Gasteiger partial charge in [-0.15, -0.1) is 0 Å². The largest absolute Gasteiger partial charge is 0.493 e. The summed E-state index contributed by atoms with van der Waals surface area (Å²) in [6.45, 7) is 3.71. The third-order valence-electron chi connectivity index (χ3n) is 7.49. The molecular weight excluding hydrogens is 621 g/mol. The number of nitrogens with one attached hydrogen (secondary N) is 1.